The number of benzene rings is 2. The molecule has 0 spiro atoms. The van der Waals surface area contributed by atoms with Crippen molar-refractivity contribution < 1.29 is 22.4 Å². The van der Waals surface area contributed by atoms with Crippen molar-refractivity contribution in [2.75, 3.05) is 5.32 Å². The van der Waals surface area contributed by atoms with Crippen molar-refractivity contribution in [3.05, 3.63) is 106 Å². The molecule has 6 rings (SSSR count). The van der Waals surface area contributed by atoms with E-state index in [1.807, 2.05) is 0 Å². The first-order valence-corrected chi connectivity index (χ1v) is 14.3. The number of hydrogen-bond acceptors (Lipinski definition) is 6. The van der Waals surface area contributed by atoms with Crippen LogP contribution in [0.25, 0.3) is 28.2 Å². The molecule has 4 heterocycles. The number of carbonyl (C=O) groups excluding carboxylic acids is 1. The molecule has 0 radical (unpaired) electrons. The van der Waals surface area contributed by atoms with Gasteiger partial charge in [0.25, 0.3) is 5.56 Å². The van der Waals surface area contributed by atoms with Gasteiger partial charge in [-0.3, -0.25) is 19.1 Å². The minimum atomic E-state index is -4.69. The van der Waals surface area contributed by atoms with Gasteiger partial charge in [-0.15, -0.1) is 5.10 Å². The van der Waals surface area contributed by atoms with Gasteiger partial charge in [0.1, 0.15) is 5.82 Å². The van der Waals surface area contributed by atoms with Gasteiger partial charge in [-0.05, 0) is 66.9 Å². The standard InChI is InChI=1S/C31H24ClF4N7O2/c1-17-3-2-4-26(18-9-10-37-24(11-18)21-13-20(33)6-7-23(21)39-30(17)45)42-16-38-25(14-29(42)44)22-12-19(32)5-8-27(22)43-15-28(40-41-43)31(34,35)36/h5-17,26H,2-4H2,1H3,(H,39,45)/t17-,26-/m0/s1. The Bertz CT molecular complexity index is 1970. The number of nitrogens with zero attached hydrogens (tertiary/aromatic N) is 6. The first kappa shape index (κ1) is 30.1. The highest BCUT2D eigenvalue weighted by atomic mass is 35.5. The number of anilines is 1. The maximum atomic E-state index is 14.3. The van der Waals surface area contributed by atoms with Crippen molar-refractivity contribution in [3.63, 3.8) is 0 Å². The number of halogens is 5. The number of aromatic nitrogens is 6. The summed E-state index contributed by atoms with van der Waals surface area (Å²) in [5, 5.41) is 9.98. The predicted molar refractivity (Wildman–Crippen MR) is 158 cm³/mol. The van der Waals surface area contributed by atoms with Crippen LogP contribution in [-0.4, -0.2) is 35.4 Å². The summed E-state index contributed by atoms with van der Waals surface area (Å²) in [5.41, 5.74) is 0.958. The van der Waals surface area contributed by atoms with Crippen LogP contribution >= 0.6 is 11.6 Å². The monoisotopic (exact) mass is 637 g/mol. The minimum absolute atomic E-state index is 0.163. The topological polar surface area (TPSA) is 108 Å². The van der Waals surface area contributed by atoms with E-state index in [0.29, 0.717) is 36.2 Å². The number of rotatable bonds is 3. The summed E-state index contributed by atoms with van der Waals surface area (Å²) in [5.74, 6) is -1.07. The first-order valence-electron chi connectivity index (χ1n) is 13.9. The van der Waals surface area contributed by atoms with E-state index in [9.17, 15) is 27.2 Å². The zero-order valence-corrected chi connectivity index (χ0v) is 24.3. The van der Waals surface area contributed by atoms with Gasteiger partial charge in [0.15, 0.2) is 5.69 Å². The third-order valence-corrected chi connectivity index (χ3v) is 7.92. The lowest BCUT2D eigenvalue weighted by Crippen LogP contribution is -2.26. The molecular weight excluding hydrogens is 614 g/mol. The molecular formula is C31H24ClF4N7O2. The van der Waals surface area contributed by atoms with Gasteiger partial charge in [-0.2, -0.15) is 13.2 Å². The lowest BCUT2D eigenvalue weighted by molar-refractivity contribution is -0.141. The Morgan fingerprint density at radius 2 is 1.76 bits per heavy atom. The molecule has 0 unspecified atom stereocenters. The molecule has 45 heavy (non-hydrogen) atoms. The van der Waals surface area contributed by atoms with E-state index < -0.39 is 29.3 Å². The lowest BCUT2D eigenvalue weighted by Gasteiger charge is -2.23. The highest BCUT2D eigenvalue weighted by Gasteiger charge is 2.35. The fourth-order valence-corrected chi connectivity index (χ4v) is 5.50. The average Bonchev–Trinajstić information content (AvgIpc) is 3.51. The van der Waals surface area contributed by atoms with Crippen molar-refractivity contribution in [2.24, 2.45) is 5.92 Å². The van der Waals surface area contributed by atoms with Crippen LogP contribution in [0.4, 0.5) is 23.2 Å². The Kier molecular flexibility index (Phi) is 7.96. The molecule has 0 saturated heterocycles. The SMILES string of the molecule is C[C@H]1CCC[C@H](n2cnc(-c3cc(Cl)ccc3-n3cc(C(F)(F)F)nn3)cc2=O)c2ccnc(c2)-c2cc(F)ccc2NC1=O. The first-order chi connectivity index (χ1) is 21.5. The van der Waals surface area contributed by atoms with E-state index in [1.165, 1.54) is 53.4 Å². The van der Waals surface area contributed by atoms with Gasteiger partial charge in [-0.1, -0.05) is 30.2 Å². The number of pyridine rings is 1. The molecule has 1 amide bonds. The summed E-state index contributed by atoms with van der Waals surface area (Å²) in [7, 11) is 0. The Hall–Kier alpha value is -4.91. The molecule has 3 aromatic heterocycles. The molecule has 230 valence electrons. The van der Waals surface area contributed by atoms with Gasteiger partial charge < -0.3 is 5.32 Å². The molecule has 0 saturated carbocycles. The maximum absolute atomic E-state index is 14.3. The molecule has 5 aromatic rings. The van der Waals surface area contributed by atoms with Gasteiger partial charge in [0.05, 0.1) is 41.3 Å². The predicted octanol–water partition coefficient (Wildman–Crippen LogP) is 6.71. The van der Waals surface area contributed by atoms with E-state index in [1.54, 1.807) is 25.3 Å². The Morgan fingerprint density at radius 3 is 2.51 bits per heavy atom. The van der Waals surface area contributed by atoms with Crippen LogP contribution in [0, 0.1) is 11.7 Å². The third-order valence-electron chi connectivity index (χ3n) is 7.68. The molecule has 2 bridgehead atoms. The number of fused-ring (bicyclic) bond motifs is 4. The Morgan fingerprint density at radius 1 is 0.956 bits per heavy atom. The second-order valence-electron chi connectivity index (χ2n) is 10.7. The smallest absolute Gasteiger partial charge is 0.325 e. The van der Waals surface area contributed by atoms with Crippen molar-refractivity contribution in [1.29, 1.82) is 0 Å². The van der Waals surface area contributed by atoms with E-state index >= 15 is 0 Å². The van der Waals surface area contributed by atoms with Gasteiger partial charge >= 0.3 is 6.18 Å². The quantitative estimate of drug-likeness (QED) is 0.220. The zero-order valence-electron chi connectivity index (χ0n) is 23.6. The molecule has 1 N–H and O–H groups in total. The van der Waals surface area contributed by atoms with E-state index in [0.717, 1.165) is 16.4 Å². The highest BCUT2D eigenvalue weighted by molar-refractivity contribution is 6.31. The van der Waals surface area contributed by atoms with E-state index in [4.69, 9.17) is 11.6 Å². The molecule has 14 heteroatoms. The molecule has 2 aromatic carbocycles. The molecule has 0 fully saturated rings. The highest BCUT2D eigenvalue weighted by Crippen LogP contribution is 2.34. The number of amides is 1. The van der Waals surface area contributed by atoms with Crippen LogP contribution in [0.5, 0.6) is 0 Å². The summed E-state index contributed by atoms with van der Waals surface area (Å²) < 4.78 is 56.3. The number of hydrogen-bond donors (Lipinski definition) is 1. The normalized spacial score (nSPS) is 17.2. The van der Waals surface area contributed by atoms with Gasteiger partial charge in [0, 0.05) is 34.3 Å². The van der Waals surface area contributed by atoms with Crippen molar-refractivity contribution in [1.82, 2.24) is 29.5 Å². The largest absolute Gasteiger partial charge is 0.436 e. The average molecular weight is 638 g/mol. The number of carbonyl (C=O) groups is 1. The fourth-order valence-electron chi connectivity index (χ4n) is 5.33. The lowest BCUT2D eigenvalue weighted by atomic mass is 9.94. The van der Waals surface area contributed by atoms with Crippen LogP contribution in [-0.2, 0) is 11.0 Å². The van der Waals surface area contributed by atoms with Crippen molar-refractivity contribution in [2.45, 2.75) is 38.4 Å². The van der Waals surface area contributed by atoms with E-state index in [2.05, 4.69) is 25.6 Å². The van der Waals surface area contributed by atoms with Crippen molar-refractivity contribution >= 4 is 23.2 Å². The summed E-state index contributed by atoms with van der Waals surface area (Å²) in [6.07, 6.45) is 0.563. The summed E-state index contributed by atoms with van der Waals surface area (Å²) >= 11 is 6.22. The van der Waals surface area contributed by atoms with Crippen LogP contribution in [0.1, 0.15) is 43.5 Å². The van der Waals surface area contributed by atoms with E-state index in [-0.39, 0.29) is 33.8 Å². The molecule has 0 aliphatic carbocycles. The second-order valence-corrected chi connectivity index (χ2v) is 11.2. The second kappa shape index (κ2) is 11.9. The number of alkyl halides is 3. The fraction of sp³-hybridized carbons (Fsp3) is 0.226. The summed E-state index contributed by atoms with van der Waals surface area (Å²) in [6.45, 7) is 1.80. The molecule has 1 aliphatic heterocycles. The Labute approximate surface area is 258 Å². The summed E-state index contributed by atoms with van der Waals surface area (Å²) in [6, 6.07) is 12.7. The molecule has 1 aliphatic rings. The third kappa shape index (κ3) is 6.21. The minimum Gasteiger partial charge on any atom is -0.325 e. The van der Waals surface area contributed by atoms with Crippen LogP contribution in [0.2, 0.25) is 5.02 Å². The van der Waals surface area contributed by atoms with Gasteiger partial charge in [0.2, 0.25) is 5.91 Å². The van der Waals surface area contributed by atoms with Crippen LogP contribution < -0.4 is 10.9 Å². The van der Waals surface area contributed by atoms with Crippen molar-refractivity contribution in [3.8, 4) is 28.2 Å². The zero-order chi connectivity index (χ0) is 31.9. The van der Waals surface area contributed by atoms with Crippen LogP contribution in [0.15, 0.2) is 78.1 Å². The molecule has 2 atom stereocenters. The maximum Gasteiger partial charge on any atom is 0.436 e. The Balaban J connectivity index is 1.42. The van der Waals surface area contributed by atoms with Crippen LogP contribution in [0.3, 0.4) is 0 Å². The van der Waals surface area contributed by atoms with Gasteiger partial charge in [-0.25, -0.2) is 14.1 Å². The summed E-state index contributed by atoms with van der Waals surface area (Å²) in [4.78, 5) is 35.5. The molecule has 9 nitrogen and oxygen atoms in total. The number of nitrogens with one attached hydrogen (secondary N) is 1.